The molecule has 0 saturated heterocycles. The van der Waals surface area contributed by atoms with Crippen molar-refractivity contribution in [2.75, 3.05) is 25.5 Å². The van der Waals surface area contributed by atoms with Crippen molar-refractivity contribution in [1.82, 2.24) is 15.6 Å². The second-order valence-corrected chi connectivity index (χ2v) is 7.87. The molecule has 0 spiro atoms. The minimum atomic E-state index is -0.320. The summed E-state index contributed by atoms with van der Waals surface area (Å²) in [6, 6.07) is 16.8. The molecule has 174 valence electrons. The Bertz CT molecular complexity index is 1280. The Balaban J connectivity index is 1.90. The predicted octanol–water partition coefficient (Wildman–Crippen LogP) is 3.66. The van der Waals surface area contributed by atoms with Gasteiger partial charge in [-0.15, -0.1) is 0 Å². The summed E-state index contributed by atoms with van der Waals surface area (Å²) in [5.41, 5.74) is 2.90. The van der Waals surface area contributed by atoms with Crippen molar-refractivity contribution < 1.29 is 14.3 Å². The lowest BCUT2D eigenvalue weighted by Crippen LogP contribution is -2.41. The lowest BCUT2D eigenvalue weighted by atomic mass is 10.0. The van der Waals surface area contributed by atoms with Crippen molar-refractivity contribution in [2.24, 2.45) is 0 Å². The van der Waals surface area contributed by atoms with Gasteiger partial charge in [-0.2, -0.15) is 5.26 Å². The number of fused-ring (bicyclic) bond motifs is 1. The topological polar surface area (TPSA) is 116 Å². The summed E-state index contributed by atoms with van der Waals surface area (Å²) in [5.74, 6) is 0.171. The highest BCUT2D eigenvalue weighted by molar-refractivity contribution is 5.99. The second-order valence-electron chi connectivity index (χ2n) is 7.87. The van der Waals surface area contributed by atoms with E-state index in [-0.39, 0.29) is 23.6 Å². The number of hydrogen-bond donors (Lipinski definition) is 3. The number of aromatic nitrogens is 1. The number of methoxy groups -OCH3 is 1. The van der Waals surface area contributed by atoms with Crippen molar-refractivity contribution in [3.63, 3.8) is 0 Å². The lowest BCUT2D eigenvalue weighted by molar-refractivity contribution is -0.119. The lowest BCUT2D eigenvalue weighted by Gasteiger charge is -2.15. The molecule has 0 aliphatic carbocycles. The summed E-state index contributed by atoms with van der Waals surface area (Å²) in [6.45, 7) is 7.56. The molecule has 0 aliphatic rings. The van der Waals surface area contributed by atoms with Crippen LogP contribution in [0.1, 0.15) is 24.3 Å². The van der Waals surface area contributed by atoms with Gasteiger partial charge in [-0.3, -0.25) is 9.59 Å². The first-order chi connectivity index (χ1) is 16.3. The van der Waals surface area contributed by atoms with Crippen LogP contribution < -0.4 is 20.7 Å². The van der Waals surface area contributed by atoms with E-state index in [9.17, 15) is 9.59 Å². The first kappa shape index (κ1) is 24.3. The Kier molecular flexibility index (Phi) is 7.83. The monoisotopic (exact) mass is 457 g/mol. The zero-order valence-electron chi connectivity index (χ0n) is 19.4. The van der Waals surface area contributed by atoms with Crippen molar-refractivity contribution in [2.45, 2.75) is 19.9 Å². The van der Waals surface area contributed by atoms with Gasteiger partial charge in [-0.05, 0) is 36.6 Å². The molecule has 3 aromatic rings. The van der Waals surface area contributed by atoms with Crippen LogP contribution in [0, 0.1) is 11.3 Å². The third-order valence-electron chi connectivity index (χ3n) is 5.14. The Morgan fingerprint density at radius 1 is 1.21 bits per heavy atom. The summed E-state index contributed by atoms with van der Waals surface area (Å²) in [7, 11) is 1.59. The highest BCUT2D eigenvalue weighted by Gasteiger charge is 2.13. The number of pyridine rings is 1. The van der Waals surface area contributed by atoms with E-state index in [1.807, 2.05) is 49.4 Å². The van der Waals surface area contributed by atoms with Crippen LogP contribution in [0.5, 0.6) is 5.75 Å². The Morgan fingerprint density at radius 2 is 1.97 bits per heavy atom. The van der Waals surface area contributed by atoms with Crippen LogP contribution in [0.15, 0.2) is 60.7 Å². The zero-order valence-corrected chi connectivity index (χ0v) is 19.4. The SMILES string of the molecule is C=C(C#N)CNc1c(OC)ccc2ccc(-c3cccc(C(=O)NC[C@H](C)NC(C)=O)n3)cc12. The van der Waals surface area contributed by atoms with E-state index in [0.29, 0.717) is 30.1 Å². The van der Waals surface area contributed by atoms with Crippen LogP contribution in [0.2, 0.25) is 0 Å². The van der Waals surface area contributed by atoms with Crippen LogP contribution in [0.25, 0.3) is 22.0 Å². The molecule has 0 saturated carbocycles. The summed E-state index contributed by atoms with van der Waals surface area (Å²) < 4.78 is 5.52. The maximum atomic E-state index is 12.6. The smallest absolute Gasteiger partial charge is 0.269 e. The molecule has 0 aliphatic heterocycles. The number of amides is 2. The molecule has 1 heterocycles. The maximum absolute atomic E-state index is 12.6. The molecule has 2 aromatic carbocycles. The number of nitriles is 1. The van der Waals surface area contributed by atoms with Crippen LogP contribution >= 0.6 is 0 Å². The van der Waals surface area contributed by atoms with Crippen molar-refractivity contribution in [3.8, 4) is 23.1 Å². The molecule has 2 amide bonds. The Morgan fingerprint density at radius 3 is 2.68 bits per heavy atom. The molecule has 8 heteroatoms. The average molecular weight is 458 g/mol. The maximum Gasteiger partial charge on any atom is 0.269 e. The number of benzene rings is 2. The van der Waals surface area contributed by atoms with Gasteiger partial charge >= 0.3 is 0 Å². The van der Waals surface area contributed by atoms with Gasteiger partial charge < -0.3 is 20.7 Å². The molecule has 0 radical (unpaired) electrons. The number of anilines is 1. The number of carbonyl (C=O) groups is 2. The van der Waals surface area contributed by atoms with Crippen molar-refractivity contribution in [3.05, 3.63) is 66.4 Å². The van der Waals surface area contributed by atoms with Crippen LogP contribution in [-0.4, -0.2) is 43.0 Å². The molecule has 34 heavy (non-hydrogen) atoms. The van der Waals surface area contributed by atoms with Crippen molar-refractivity contribution in [1.29, 1.82) is 5.26 Å². The van der Waals surface area contributed by atoms with E-state index < -0.39 is 0 Å². The largest absolute Gasteiger partial charge is 0.495 e. The van der Waals surface area contributed by atoms with Gasteiger partial charge in [0.15, 0.2) is 0 Å². The standard InChI is InChI=1S/C26H27N5O3/c1-16(13-27)14-28-25-21-12-20(9-8-19(21)10-11-24(25)34-4)22-6-5-7-23(31-22)26(33)29-15-17(2)30-18(3)32/h5-12,17,28H,1,14-15H2,2-4H3,(H,29,33)(H,30,32)/t17-/m0/s1. The molecule has 1 aromatic heterocycles. The highest BCUT2D eigenvalue weighted by Crippen LogP contribution is 2.35. The molecule has 8 nitrogen and oxygen atoms in total. The second kappa shape index (κ2) is 11.0. The fraction of sp³-hybridized carbons (Fsp3) is 0.231. The number of rotatable bonds is 9. The molecule has 1 atom stereocenters. The first-order valence-corrected chi connectivity index (χ1v) is 10.8. The number of nitrogens with zero attached hydrogens (tertiary/aromatic N) is 2. The molecule has 0 bridgehead atoms. The van der Waals surface area contributed by atoms with E-state index in [2.05, 4.69) is 27.5 Å². The van der Waals surface area contributed by atoms with Gasteiger partial charge in [0, 0.05) is 42.6 Å². The Hall–Kier alpha value is -4.38. The van der Waals surface area contributed by atoms with Crippen LogP contribution in [-0.2, 0) is 4.79 Å². The van der Waals surface area contributed by atoms with E-state index in [1.54, 1.807) is 19.2 Å². The molecular formula is C26H27N5O3. The molecule has 0 unspecified atom stereocenters. The van der Waals surface area contributed by atoms with Gasteiger partial charge in [0.05, 0.1) is 24.6 Å². The van der Waals surface area contributed by atoms with Crippen LogP contribution in [0.3, 0.4) is 0 Å². The van der Waals surface area contributed by atoms with Gasteiger partial charge in [0.25, 0.3) is 5.91 Å². The first-order valence-electron chi connectivity index (χ1n) is 10.8. The van der Waals surface area contributed by atoms with Gasteiger partial charge in [0.1, 0.15) is 11.4 Å². The summed E-state index contributed by atoms with van der Waals surface area (Å²) in [6.07, 6.45) is 0. The third kappa shape index (κ3) is 5.90. The van der Waals surface area contributed by atoms with Gasteiger partial charge in [-0.25, -0.2) is 4.98 Å². The minimum Gasteiger partial charge on any atom is -0.495 e. The number of nitrogens with one attached hydrogen (secondary N) is 3. The zero-order chi connectivity index (χ0) is 24.7. The van der Waals surface area contributed by atoms with E-state index in [1.165, 1.54) is 6.92 Å². The fourth-order valence-corrected chi connectivity index (χ4v) is 3.50. The Labute approximate surface area is 198 Å². The molecule has 3 N–H and O–H groups in total. The van der Waals surface area contributed by atoms with E-state index in [0.717, 1.165) is 22.0 Å². The number of carbonyl (C=O) groups excluding carboxylic acids is 2. The fourth-order valence-electron chi connectivity index (χ4n) is 3.50. The molecule has 3 rings (SSSR count). The number of hydrogen-bond acceptors (Lipinski definition) is 6. The van der Waals surface area contributed by atoms with Crippen molar-refractivity contribution >= 4 is 28.3 Å². The summed E-state index contributed by atoms with van der Waals surface area (Å²) in [5, 5.41) is 19.7. The number of ether oxygens (including phenoxy) is 1. The van der Waals surface area contributed by atoms with E-state index >= 15 is 0 Å². The summed E-state index contributed by atoms with van der Waals surface area (Å²) >= 11 is 0. The summed E-state index contributed by atoms with van der Waals surface area (Å²) in [4.78, 5) is 28.3. The van der Waals surface area contributed by atoms with Crippen LogP contribution in [0.4, 0.5) is 5.69 Å². The molecule has 0 fully saturated rings. The van der Waals surface area contributed by atoms with E-state index in [4.69, 9.17) is 10.00 Å². The minimum absolute atomic E-state index is 0.152. The van der Waals surface area contributed by atoms with Gasteiger partial charge in [-0.1, -0.05) is 30.8 Å². The average Bonchev–Trinajstić information content (AvgIpc) is 2.84. The van der Waals surface area contributed by atoms with Gasteiger partial charge in [0.2, 0.25) is 5.91 Å². The predicted molar refractivity (Wildman–Crippen MR) is 133 cm³/mol. The highest BCUT2D eigenvalue weighted by atomic mass is 16.5. The molecular weight excluding hydrogens is 430 g/mol. The quantitative estimate of drug-likeness (QED) is 0.422. The normalized spacial score (nSPS) is 11.2. The third-order valence-corrected chi connectivity index (χ3v) is 5.14.